The minimum atomic E-state index is 0.284. The maximum absolute atomic E-state index is 10.2. The predicted molar refractivity (Wildman–Crippen MR) is 105 cm³/mol. The van der Waals surface area contributed by atoms with E-state index in [0.29, 0.717) is 23.3 Å². The van der Waals surface area contributed by atoms with Crippen LogP contribution in [0.5, 0.6) is 0 Å². The van der Waals surface area contributed by atoms with E-state index in [0.717, 1.165) is 50.0 Å². The van der Waals surface area contributed by atoms with Gasteiger partial charge in [0.1, 0.15) is 5.76 Å². The van der Waals surface area contributed by atoms with Gasteiger partial charge in [0.05, 0.1) is 11.4 Å². The van der Waals surface area contributed by atoms with Crippen molar-refractivity contribution in [2.75, 3.05) is 23.7 Å². The number of rotatable bonds is 8. The topological polar surface area (TPSA) is 75.3 Å². The van der Waals surface area contributed by atoms with Crippen LogP contribution in [0.2, 0.25) is 0 Å². The van der Waals surface area contributed by atoms with Gasteiger partial charge < -0.3 is 15.7 Å². The Labute approximate surface area is 151 Å². The Hall–Kier alpha value is -2.04. The molecule has 2 atom stereocenters. The van der Waals surface area contributed by atoms with E-state index in [1.807, 2.05) is 18.2 Å². The van der Waals surface area contributed by atoms with Crippen LogP contribution < -0.4 is 10.6 Å². The zero-order chi connectivity index (χ0) is 18.4. The second-order valence-electron chi connectivity index (χ2n) is 7.22. The van der Waals surface area contributed by atoms with Gasteiger partial charge in [0.25, 0.3) is 0 Å². The molecule has 5 heteroatoms. The summed E-state index contributed by atoms with van der Waals surface area (Å²) in [6.45, 7) is 10.8. The summed E-state index contributed by atoms with van der Waals surface area (Å²) in [5.41, 5.74) is 8.55. The van der Waals surface area contributed by atoms with Crippen molar-refractivity contribution >= 4 is 17.1 Å². The molecule has 0 aromatic carbocycles. The van der Waals surface area contributed by atoms with Gasteiger partial charge in [-0.05, 0) is 36.8 Å². The van der Waals surface area contributed by atoms with E-state index < -0.39 is 0 Å². The Morgan fingerprint density at radius 1 is 1.08 bits per heavy atom. The van der Waals surface area contributed by atoms with Crippen LogP contribution in [0.25, 0.3) is 5.57 Å². The van der Waals surface area contributed by atoms with Gasteiger partial charge in [-0.1, -0.05) is 46.6 Å². The van der Waals surface area contributed by atoms with E-state index in [2.05, 4.69) is 42.8 Å². The van der Waals surface area contributed by atoms with E-state index in [-0.39, 0.29) is 5.76 Å². The van der Waals surface area contributed by atoms with E-state index in [4.69, 9.17) is 5.73 Å². The molecule has 2 rings (SSSR count). The lowest BCUT2D eigenvalue weighted by Crippen LogP contribution is -2.33. The molecule has 2 unspecified atom stereocenters. The fourth-order valence-electron chi connectivity index (χ4n) is 2.96. The minimum Gasteiger partial charge on any atom is -0.508 e. The van der Waals surface area contributed by atoms with Crippen molar-refractivity contribution in [1.82, 2.24) is 10.2 Å². The van der Waals surface area contributed by atoms with Gasteiger partial charge in [0.2, 0.25) is 0 Å². The number of aliphatic hydroxyl groups excluding tert-OH is 1. The number of aliphatic hydroxyl groups is 1. The molecule has 0 radical (unpaired) electrons. The van der Waals surface area contributed by atoms with Gasteiger partial charge in [-0.3, -0.25) is 0 Å². The third-order valence-electron chi connectivity index (χ3n) is 5.00. The third kappa shape index (κ3) is 4.97. The molecule has 0 aliphatic heterocycles. The fraction of sp³-hybridized carbons (Fsp3) is 0.600. The van der Waals surface area contributed by atoms with Crippen molar-refractivity contribution in [2.24, 2.45) is 11.8 Å². The molecule has 1 aromatic rings. The second kappa shape index (κ2) is 8.88. The average Bonchev–Trinajstić information content (AvgIpc) is 2.62. The van der Waals surface area contributed by atoms with Crippen molar-refractivity contribution < 1.29 is 5.11 Å². The molecule has 0 saturated carbocycles. The van der Waals surface area contributed by atoms with E-state index in [9.17, 15) is 5.11 Å². The van der Waals surface area contributed by atoms with Gasteiger partial charge in [-0.25, -0.2) is 0 Å². The summed E-state index contributed by atoms with van der Waals surface area (Å²) in [6.07, 6.45) is 7.87. The first kappa shape index (κ1) is 19.3. The number of nitrogen functional groups attached to an aromatic ring is 1. The van der Waals surface area contributed by atoms with Gasteiger partial charge in [0.15, 0.2) is 5.82 Å². The normalized spacial score (nSPS) is 16.8. The molecule has 1 aromatic heterocycles. The lowest BCUT2D eigenvalue weighted by atomic mass is 10.0. The fourth-order valence-corrected chi connectivity index (χ4v) is 2.96. The molecule has 0 saturated heterocycles. The monoisotopic (exact) mass is 344 g/mol. The highest BCUT2D eigenvalue weighted by Crippen LogP contribution is 2.30. The zero-order valence-corrected chi connectivity index (χ0v) is 16.0. The van der Waals surface area contributed by atoms with Crippen LogP contribution in [0.3, 0.4) is 0 Å². The Kier molecular flexibility index (Phi) is 6.85. The molecule has 0 spiro atoms. The highest BCUT2D eigenvalue weighted by molar-refractivity contribution is 5.78. The van der Waals surface area contributed by atoms with Crippen molar-refractivity contribution in [1.29, 1.82) is 0 Å². The smallest absolute Gasteiger partial charge is 0.169 e. The molecule has 3 N–H and O–H groups in total. The van der Waals surface area contributed by atoms with Crippen LogP contribution in [0, 0.1) is 11.8 Å². The molecule has 0 amide bonds. The molecule has 1 aliphatic rings. The highest BCUT2D eigenvalue weighted by Gasteiger charge is 2.19. The lowest BCUT2D eigenvalue weighted by Gasteiger charge is -2.30. The van der Waals surface area contributed by atoms with Crippen molar-refractivity contribution in [3.8, 4) is 0 Å². The molecule has 5 nitrogen and oxygen atoms in total. The molecule has 0 fully saturated rings. The van der Waals surface area contributed by atoms with E-state index in [1.165, 1.54) is 0 Å². The van der Waals surface area contributed by atoms with Gasteiger partial charge in [-0.15, -0.1) is 10.2 Å². The third-order valence-corrected chi connectivity index (χ3v) is 5.00. The first-order valence-corrected chi connectivity index (χ1v) is 9.44. The first-order valence-electron chi connectivity index (χ1n) is 9.44. The molecule has 25 heavy (non-hydrogen) atoms. The van der Waals surface area contributed by atoms with Crippen LogP contribution in [-0.4, -0.2) is 28.4 Å². The number of aromatic nitrogens is 2. The molecule has 1 aliphatic carbocycles. The molecular weight excluding hydrogens is 312 g/mol. The average molecular weight is 345 g/mol. The minimum absolute atomic E-state index is 0.284. The van der Waals surface area contributed by atoms with Crippen LogP contribution in [0.1, 0.15) is 59.1 Å². The van der Waals surface area contributed by atoms with E-state index >= 15 is 0 Å². The standard InChI is InChI=1S/C20H32N4O/c1-5-14(3)12-24(13-15(4)6-2)18-11-17(22-23-20(18)21)16-9-7-8-10-19(16)25/h9-11,14-15,25H,5-8,12-13H2,1-4H3,(H2,21,23). The Morgan fingerprint density at radius 3 is 2.24 bits per heavy atom. The summed E-state index contributed by atoms with van der Waals surface area (Å²) in [5, 5.41) is 18.6. The predicted octanol–water partition coefficient (Wildman–Crippen LogP) is 4.58. The Morgan fingerprint density at radius 2 is 1.68 bits per heavy atom. The largest absolute Gasteiger partial charge is 0.508 e. The Balaban J connectivity index is 2.37. The summed E-state index contributed by atoms with van der Waals surface area (Å²) >= 11 is 0. The summed E-state index contributed by atoms with van der Waals surface area (Å²) in [6, 6.07) is 1.98. The number of hydrogen-bond acceptors (Lipinski definition) is 5. The van der Waals surface area contributed by atoms with Crippen LogP contribution in [-0.2, 0) is 0 Å². The molecule has 0 bridgehead atoms. The quantitative estimate of drug-likeness (QED) is 0.722. The number of anilines is 2. The Bertz CT molecular complexity index is 627. The molecule has 138 valence electrons. The maximum atomic E-state index is 10.2. The second-order valence-corrected chi connectivity index (χ2v) is 7.22. The van der Waals surface area contributed by atoms with E-state index in [1.54, 1.807) is 0 Å². The lowest BCUT2D eigenvalue weighted by molar-refractivity contribution is 0.432. The van der Waals surface area contributed by atoms with Gasteiger partial charge in [-0.2, -0.15) is 0 Å². The number of nitrogens with two attached hydrogens (primary N) is 1. The van der Waals surface area contributed by atoms with Crippen molar-refractivity contribution in [2.45, 2.75) is 53.4 Å². The van der Waals surface area contributed by atoms with Crippen LogP contribution >= 0.6 is 0 Å². The molecule has 1 heterocycles. The summed E-state index contributed by atoms with van der Waals surface area (Å²) in [4.78, 5) is 2.33. The summed E-state index contributed by atoms with van der Waals surface area (Å²) in [7, 11) is 0. The summed E-state index contributed by atoms with van der Waals surface area (Å²) < 4.78 is 0. The maximum Gasteiger partial charge on any atom is 0.169 e. The molecular formula is C20H32N4O. The summed E-state index contributed by atoms with van der Waals surface area (Å²) in [5.74, 6) is 1.88. The van der Waals surface area contributed by atoms with Crippen LogP contribution in [0.15, 0.2) is 24.0 Å². The van der Waals surface area contributed by atoms with Gasteiger partial charge in [0, 0.05) is 18.7 Å². The van der Waals surface area contributed by atoms with Crippen LogP contribution in [0.4, 0.5) is 11.5 Å². The first-order chi connectivity index (χ1) is 12.0. The van der Waals surface area contributed by atoms with Crippen molar-refractivity contribution in [3.05, 3.63) is 29.7 Å². The SMILES string of the molecule is CCC(C)CN(CC(C)CC)c1cc(C2=CCCC=C2O)nnc1N. The zero-order valence-electron chi connectivity index (χ0n) is 16.0. The van der Waals surface area contributed by atoms with Gasteiger partial charge >= 0.3 is 0 Å². The highest BCUT2D eigenvalue weighted by atomic mass is 16.3. The van der Waals surface area contributed by atoms with Crippen molar-refractivity contribution in [3.63, 3.8) is 0 Å². The number of hydrogen-bond donors (Lipinski definition) is 2. The number of nitrogens with zero attached hydrogens (tertiary/aromatic N) is 3. The number of allylic oxidation sites excluding steroid dienone is 3.